The van der Waals surface area contributed by atoms with Gasteiger partial charge in [0.15, 0.2) is 11.5 Å². The highest BCUT2D eigenvalue weighted by Gasteiger charge is 2.84. The van der Waals surface area contributed by atoms with Gasteiger partial charge in [-0.15, -0.1) is 0 Å². The van der Waals surface area contributed by atoms with E-state index in [9.17, 15) is 105 Å². The van der Waals surface area contributed by atoms with Crippen LogP contribution in [0.25, 0.3) is 0 Å². The number of halogens is 22. The molecule has 67 heavy (non-hydrogen) atoms. The van der Waals surface area contributed by atoms with Crippen molar-refractivity contribution in [1.82, 2.24) is 0 Å². The summed E-state index contributed by atoms with van der Waals surface area (Å²) in [5, 5.41) is 0. The third-order valence-corrected chi connectivity index (χ3v) is 10.1. The van der Waals surface area contributed by atoms with Gasteiger partial charge >= 0.3 is 59.9 Å². The standard InChI is InChI=1S/C36H18F22N2O6S/c37-25(29(41,42)31(45,46)33(49,50)35(53,54)55)27(39)65-23-11-5-17(13-21(23)59)63-15-1-7-19(8-2-15)67(61,62)20-9-3-16(4-10-20)64-18-6-12-24(22(60)14-18)66-28(40)26(38)30(43,44)32(47,48)34(51,52)36(56,57)58/h1-14H,59-60H2. The number of anilines is 2. The molecule has 0 amide bonds. The van der Waals surface area contributed by atoms with Crippen molar-refractivity contribution in [3.63, 3.8) is 0 Å². The van der Waals surface area contributed by atoms with Crippen molar-refractivity contribution in [2.24, 2.45) is 0 Å². The first-order chi connectivity index (χ1) is 30.3. The summed E-state index contributed by atoms with van der Waals surface area (Å²) in [7, 11) is -4.37. The minimum Gasteiger partial charge on any atom is -0.457 e. The molecule has 368 valence electrons. The number of nitrogen functional groups attached to an aromatic ring is 2. The van der Waals surface area contributed by atoms with Gasteiger partial charge in [0.05, 0.1) is 21.2 Å². The fourth-order valence-corrected chi connectivity index (χ4v) is 5.96. The maximum atomic E-state index is 14.1. The molecule has 0 aliphatic heterocycles. The summed E-state index contributed by atoms with van der Waals surface area (Å²) in [5.74, 6) is -56.2. The summed E-state index contributed by atoms with van der Waals surface area (Å²) in [6.45, 7) is 0. The number of hydrogen-bond acceptors (Lipinski definition) is 8. The third-order valence-electron chi connectivity index (χ3n) is 8.29. The molecule has 0 aromatic heterocycles. The van der Waals surface area contributed by atoms with Gasteiger partial charge in [-0.2, -0.15) is 96.6 Å². The highest BCUT2D eigenvalue weighted by molar-refractivity contribution is 7.91. The molecule has 0 saturated heterocycles. The molecule has 4 aromatic carbocycles. The van der Waals surface area contributed by atoms with E-state index in [0.717, 1.165) is 60.7 Å². The van der Waals surface area contributed by atoms with Crippen molar-refractivity contribution in [3.8, 4) is 34.5 Å². The lowest BCUT2D eigenvalue weighted by atomic mass is 10.0. The van der Waals surface area contributed by atoms with Crippen LogP contribution in [0.2, 0.25) is 0 Å². The Bertz CT molecular complexity index is 2480. The predicted molar refractivity (Wildman–Crippen MR) is 182 cm³/mol. The maximum absolute atomic E-state index is 14.1. The third kappa shape index (κ3) is 9.85. The largest absolute Gasteiger partial charge is 0.460 e. The Hall–Kier alpha value is -6.43. The van der Waals surface area contributed by atoms with Gasteiger partial charge in [-0.3, -0.25) is 0 Å². The molecule has 0 heterocycles. The minimum absolute atomic E-state index is 0.190. The van der Waals surface area contributed by atoms with Gasteiger partial charge in [-0.05, 0) is 72.8 Å². The Morgan fingerprint density at radius 1 is 0.403 bits per heavy atom. The van der Waals surface area contributed by atoms with E-state index >= 15 is 0 Å². The van der Waals surface area contributed by atoms with Gasteiger partial charge in [-0.1, -0.05) is 0 Å². The molecule has 4 aromatic rings. The second-order valence-electron chi connectivity index (χ2n) is 12.9. The van der Waals surface area contributed by atoms with Crippen molar-refractivity contribution in [3.05, 3.63) is 109 Å². The van der Waals surface area contributed by atoms with Crippen LogP contribution >= 0.6 is 0 Å². The SMILES string of the molecule is Nc1cc(Oc2ccc(S(=O)(=O)c3ccc(Oc4ccc(OC(F)=C(F)C(F)(F)C(F)(F)C(F)(F)C(F)(F)F)c(N)c4)cc3)cc2)ccc1OC(F)=C(F)C(F)(F)C(F)(F)C(F)(F)C(F)(F)F. The first-order valence-corrected chi connectivity index (χ1v) is 18.2. The van der Waals surface area contributed by atoms with Gasteiger partial charge in [0.25, 0.3) is 0 Å². The van der Waals surface area contributed by atoms with E-state index in [0.29, 0.717) is 24.3 Å². The molecule has 0 aliphatic rings. The molecular formula is C36H18F22N2O6S. The monoisotopic (exact) mass is 1020 g/mol. The van der Waals surface area contributed by atoms with E-state index in [1.807, 2.05) is 0 Å². The number of hydrogen-bond donors (Lipinski definition) is 2. The molecule has 0 bridgehead atoms. The smallest absolute Gasteiger partial charge is 0.457 e. The molecule has 0 unspecified atom stereocenters. The molecule has 4 N–H and O–H groups in total. The Labute approximate surface area is 357 Å². The zero-order chi connectivity index (χ0) is 51.3. The summed E-state index contributed by atoms with van der Waals surface area (Å²) >= 11 is 0. The van der Waals surface area contributed by atoms with E-state index in [4.69, 9.17) is 20.9 Å². The lowest BCUT2D eigenvalue weighted by Crippen LogP contribution is -2.61. The summed E-state index contributed by atoms with van der Waals surface area (Å²) in [6, 6.07) is 5.16. The van der Waals surface area contributed by atoms with Crippen LogP contribution in [0.5, 0.6) is 34.5 Å². The van der Waals surface area contributed by atoms with Crippen molar-refractivity contribution >= 4 is 21.2 Å². The Morgan fingerprint density at radius 2 is 0.672 bits per heavy atom. The van der Waals surface area contributed by atoms with Crippen LogP contribution in [0.15, 0.2) is 118 Å². The van der Waals surface area contributed by atoms with E-state index in [2.05, 4.69) is 9.47 Å². The van der Waals surface area contributed by atoms with Crippen molar-refractivity contribution in [1.29, 1.82) is 0 Å². The maximum Gasteiger partial charge on any atom is 0.460 e. The Balaban J connectivity index is 1.43. The van der Waals surface area contributed by atoms with Gasteiger partial charge < -0.3 is 30.4 Å². The molecule has 4 rings (SSSR count). The van der Waals surface area contributed by atoms with Crippen LogP contribution in [0.3, 0.4) is 0 Å². The average molecular weight is 1020 g/mol. The quantitative estimate of drug-likeness (QED) is 0.0646. The first kappa shape index (κ1) is 53.2. The lowest BCUT2D eigenvalue weighted by Gasteiger charge is -2.32. The van der Waals surface area contributed by atoms with Crippen LogP contribution in [0.4, 0.5) is 108 Å². The minimum atomic E-state index is -7.56. The molecule has 0 fully saturated rings. The molecule has 0 radical (unpaired) electrons. The van der Waals surface area contributed by atoms with Gasteiger partial charge in [0.2, 0.25) is 21.5 Å². The molecule has 0 atom stereocenters. The highest BCUT2D eigenvalue weighted by atomic mass is 32.2. The van der Waals surface area contributed by atoms with Crippen LogP contribution in [0.1, 0.15) is 0 Å². The summed E-state index contributed by atoms with van der Waals surface area (Å²) in [5.41, 5.74) is 9.27. The van der Waals surface area contributed by atoms with E-state index in [1.165, 1.54) is 0 Å². The van der Waals surface area contributed by atoms with Crippen LogP contribution in [0, 0.1) is 0 Å². The highest BCUT2D eigenvalue weighted by Crippen LogP contribution is 2.57. The summed E-state index contributed by atoms with van der Waals surface area (Å²) in [4.78, 5) is -0.818. The van der Waals surface area contributed by atoms with Crippen molar-refractivity contribution in [2.45, 2.75) is 57.7 Å². The summed E-state index contributed by atoms with van der Waals surface area (Å²) < 4.78 is 336. The van der Waals surface area contributed by atoms with Crippen LogP contribution in [-0.2, 0) is 9.84 Å². The van der Waals surface area contributed by atoms with Crippen LogP contribution in [-0.4, -0.2) is 56.3 Å². The van der Waals surface area contributed by atoms with Gasteiger partial charge in [0.1, 0.15) is 23.0 Å². The number of ether oxygens (including phenoxy) is 4. The second-order valence-corrected chi connectivity index (χ2v) is 14.8. The van der Waals surface area contributed by atoms with E-state index in [1.54, 1.807) is 0 Å². The molecular weight excluding hydrogens is 1010 g/mol. The normalized spacial score (nSPS) is 14.5. The number of nitrogens with two attached hydrogens (primary N) is 2. The molecule has 0 saturated carbocycles. The number of alkyl halides is 18. The topological polar surface area (TPSA) is 123 Å². The fourth-order valence-electron chi connectivity index (χ4n) is 4.70. The van der Waals surface area contributed by atoms with Gasteiger partial charge in [0, 0.05) is 12.1 Å². The number of allylic oxidation sites excluding steroid dienone is 2. The van der Waals surface area contributed by atoms with E-state index < -0.39 is 114 Å². The van der Waals surface area contributed by atoms with E-state index in [-0.39, 0.29) is 23.0 Å². The first-order valence-electron chi connectivity index (χ1n) is 16.7. The second kappa shape index (κ2) is 17.7. The number of benzene rings is 4. The number of rotatable bonds is 16. The zero-order valence-corrected chi connectivity index (χ0v) is 32.2. The average Bonchev–Trinajstić information content (AvgIpc) is 3.21. The molecule has 8 nitrogen and oxygen atoms in total. The number of sulfone groups is 1. The van der Waals surface area contributed by atoms with Crippen LogP contribution < -0.4 is 30.4 Å². The Kier molecular flexibility index (Phi) is 14.0. The Morgan fingerprint density at radius 3 is 0.925 bits per heavy atom. The predicted octanol–water partition coefficient (Wildman–Crippen LogP) is 13.2. The summed E-state index contributed by atoms with van der Waals surface area (Å²) in [6.07, 6.45) is -14.7. The van der Waals surface area contributed by atoms with Crippen molar-refractivity contribution < 1.29 is 124 Å². The molecule has 0 spiro atoms. The zero-order valence-electron chi connectivity index (χ0n) is 31.4. The molecule has 0 aliphatic carbocycles. The van der Waals surface area contributed by atoms with Gasteiger partial charge in [-0.25, -0.2) is 8.42 Å². The lowest BCUT2D eigenvalue weighted by molar-refractivity contribution is -0.392. The van der Waals surface area contributed by atoms with Crippen molar-refractivity contribution in [2.75, 3.05) is 11.5 Å². The molecule has 31 heteroatoms. The fraction of sp³-hybridized carbons (Fsp3) is 0.222.